The number of hydrogen-bond donors (Lipinski definition) is 0. The number of hydrogen-bond acceptors (Lipinski definition) is 4. The van der Waals surface area contributed by atoms with Gasteiger partial charge in [0.2, 0.25) is 0 Å². The zero-order valence-corrected chi connectivity index (χ0v) is 13.0. The summed E-state index contributed by atoms with van der Waals surface area (Å²) in [5, 5.41) is 0. The van der Waals surface area contributed by atoms with E-state index in [-0.39, 0.29) is 12.5 Å². The Kier molecular flexibility index (Phi) is 5.59. The maximum absolute atomic E-state index is 12.5. The Morgan fingerprint density at radius 1 is 1.24 bits per heavy atom. The van der Waals surface area contributed by atoms with Crippen LogP contribution in [-0.2, 0) is 14.3 Å². The van der Waals surface area contributed by atoms with Crippen molar-refractivity contribution in [3.8, 4) is 0 Å². The molecule has 1 heterocycles. The first kappa shape index (κ1) is 15.8. The third-order valence-corrected chi connectivity index (χ3v) is 3.62. The van der Waals surface area contributed by atoms with Crippen molar-refractivity contribution in [1.82, 2.24) is 0 Å². The number of fused-ring (bicyclic) bond motifs is 1. The summed E-state index contributed by atoms with van der Waals surface area (Å²) < 4.78 is 10.3. The van der Waals surface area contributed by atoms with Crippen molar-refractivity contribution in [2.75, 3.05) is 56.9 Å². The molecule has 1 aromatic rings. The van der Waals surface area contributed by atoms with Gasteiger partial charge in [-0.05, 0) is 18.1 Å². The molecule has 0 N–H and O–H groups in total. The van der Waals surface area contributed by atoms with Crippen molar-refractivity contribution >= 4 is 17.3 Å². The van der Waals surface area contributed by atoms with Gasteiger partial charge in [-0.3, -0.25) is 4.79 Å². The van der Waals surface area contributed by atoms with Crippen LogP contribution in [0.4, 0.5) is 11.4 Å². The van der Waals surface area contributed by atoms with Gasteiger partial charge in [0, 0.05) is 27.2 Å². The highest BCUT2D eigenvalue weighted by Crippen LogP contribution is 2.32. The normalized spacial score (nSPS) is 18.3. The summed E-state index contributed by atoms with van der Waals surface area (Å²) in [5.41, 5.74) is 2.05. The first-order valence-corrected chi connectivity index (χ1v) is 7.30. The van der Waals surface area contributed by atoms with E-state index in [1.807, 2.05) is 23.1 Å². The van der Waals surface area contributed by atoms with E-state index in [0.717, 1.165) is 17.9 Å². The van der Waals surface area contributed by atoms with Crippen molar-refractivity contribution in [3.63, 3.8) is 0 Å². The Balaban J connectivity index is 2.13. The summed E-state index contributed by atoms with van der Waals surface area (Å²) in [7, 11) is 3.69. The van der Waals surface area contributed by atoms with Crippen LogP contribution in [0.2, 0.25) is 0 Å². The fourth-order valence-electron chi connectivity index (χ4n) is 2.66. The fraction of sp³-hybridized carbons (Fsp3) is 0.562. The van der Waals surface area contributed by atoms with Gasteiger partial charge in [-0.2, -0.15) is 0 Å². The summed E-state index contributed by atoms with van der Waals surface area (Å²) in [5.74, 6) is 0.408. The van der Waals surface area contributed by atoms with Crippen LogP contribution in [-0.4, -0.2) is 53.0 Å². The molecule has 0 saturated carbocycles. The van der Waals surface area contributed by atoms with Crippen LogP contribution in [0.15, 0.2) is 24.3 Å². The third-order valence-electron chi connectivity index (χ3n) is 3.62. The molecule has 1 aromatic carbocycles. The topological polar surface area (TPSA) is 42.0 Å². The summed E-state index contributed by atoms with van der Waals surface area (Å²) in [6.45, 7) is 4.85. The number of carbonyl (C=O) groups excluding carboxylic acids is 1. The highest BCUT2D eigenvalue weighted by atomic mass is 16.5. The van der Waals surface area contributed by atoms with Crippen LogP contribution < -0.4 is 9.80 Å². The fourth-order valence-corrected chi connectivity index (χ4v) is 2.66. The van der Waals surface area contributed by atoms with Crippen molar-refractivity contribution < 1.29 is 14.3 Å². The Labute approximate surface area is 126 Å². The van der Waals surface area contributed by atoms with Gasteiger partial charge in [0.25, 0.3) is 5.91 Å². The molecule has 1 atom stereocenters. The molecule has 1 aliphatic rings. The Bertz CT molecular complexity index is 478. The van der Waals surface area contributed by atoms with Crippen molar-refractivity contribution in [2.45, 2.75) is 6.92 Å². The maximum atomic E-state index is 12.5. The highest BCUT2D eigenvalue weighted by Gasteiger charge is 2.26. The summed E-state index contributed by atoms with van der Waals surface area (Å²) in [6, 6.07) is 8.02. The molecule has 116 valence electrons. The lowest BCUT2D eigenvalue weighted by Gasteiger charge is -2.24. The molecule has 1 aliphatic heterocycles. The predicted octanol–water partition coefficient (Wildman–Crippen LogP) is 1.77. The SMILES string of the molecule is COCCOCC(=O)N1CC(C)CN(C)c2ccccc21. The first-order valence-electron chi connectivity index (χ1n) is 7.30. The molecular formula is C16H24N2O3. The van der Waals surface area contributed by atoms with Crippen LogP contribution in [0.5, 0.6) is 0 Å². The second kappa shape index (κ2) is 7.43. The van der Waals surface area contributed by atoms with Gasteiger partial charge in [-0.25, -0.2) is 0 Å². The second-order valence-corrected chi connectivity index (χ2v) is 5.52. The first-order chi connectivity index (χ1) is 10.1. The Hall–Kier alpha value is -1.59. The monoisotopic (exact) mass is 292 g/mol. The molecule has 5 nitrogen and oxygen atoms in total. The minimum atomic E-state index is 0.000651. The average molecular weight is 292 g/mol. The number of anilines is 2. The van der Waals surface area contributed by atoms with Crippen LogP contribution in [0.1, 0.15) is 6.92 Å². The summed E-state index contributed by atoms with van der Waals surface area (Å²) in [6.07, 6.45) is 0. The zero-order valence-electron chi connectivity index (χ0n) is 13.0. The lowest BCUT2D eigenvalue weighted by Crippen LogP contribution is -2.37. The van der Waals surface area contributed by atoms with Gasteiger partial charge in [0.1, 0.15) is 6.61 Å². The third kappa shape index (κ3) is 3.95. The number of carbonyl (C=O) groups is 1. The van der Waals surface area contributed by atoms with Gasteiger partial charge >= 0.3 is 0 Å². The number of methoxy groups -OCH3 is 1. The van der Waals surface area contributed by atoms with Gasteiger partial charge in [-0.15, -0.1) is 0 Å². The van der Waals surface area contributed by atoms with Gasteiger partial charge in [-0.1, -0.05) is 19.1 Å². The predicted molar refractivity (Wildman–Crippen MR) is 83.9 cm³/mol. The van der Waals surface area contributed by atoms with E-state index >= 15 is 0 Å². The number of nitrogens with zero attached hydrogens (tertiary/aromatic N) is 2. The quantitative estimate of drug-likeness (QED) is 0.776. The lowest BCUT2D eigenvalue weighted by atomic mass is 10.1. The molecule has 0 aliphatic carbocycles. The lowest BCUT2D eigenvalue weighted by molar-refractivity contribution is -0.123. The molecule has 1 unspecified atom stereocenters. The molecule has 0 fully saturated rings. The largest absolute Gasteiger partial charge is 0.382 e. The highest BCUT2D eigenvalue weighted by molar-refractivity contribution is 5.98. The van der Waals surface area contributed by atoms with Crippen LogP contribution in [0.3, 0.4) is 0 Å². The van der Waals surface area contributed by atoms with E-state index in [0.29, 0.717) is 25.7 Å². The Morgan fingerprint density at radius 3 is 2.67 bits per heavy atom. The van der Waals surface area contributed by atoms with Gasteiger partial charge in [0.15, 0.2) is 0 Å². The average Bonchev–Trinajstić information content (AvgIpc) is 2.61. The van der Waals surface area contributed by atoms with E-state index in [1.54, 1.807) is 7.11 Å². The summed E-state index contributed by atoms with van der Waals surface area (Å²) in [4.78, 5) is 16.5. The van der Waals surface area contributed by atoms with E-state index < -0.39 is 0 Å². The van der Waals surface area contributed by atoms with E-state index in [1.165, 1.54) is 0 Å². The minimum Gasteiger partial charge on any atom is -0.382 e. The Morgan fingerprint density at radius 2 is 1.95 bits per heavy atom. The van der Waals surface area contributed by atoms with Crippen LogP contribution >= 0.6 is 0 Å². The van der Waals surface area contributed by atoms with Gasteiger partial charge < -0.3 is 19.3 Å². The molecule has 5 heteroatoms. The molecule has 0 saturated heterocycles. The molecule has 0 radical (unpaired) electrons. The minimum absolute atomic E-state index is 0.000651. The second-order valence-electron chi connectivity index (χ2n) is 5.52. The molecule has 0 aromatic heterocycles. The molecule has 1 amide bonds. The standard InChI is InChI=1S/C16H24N2O3/c1-13-10-17(2)14-6-4-5-7-15(14)18(11-13)16(19)12-21-9-8-20-3/h4-7,13H,8-12H2,1-3H3. The molecule has 0 spiro atoms. The molecule has 0 bridgehead atoms. The number of rotatable bonds is 5. The number of amides is 1. The summed E-state index contributed by atoms with van der Waals surface area (Å²) >= 11 is 0. The van der Waals surface area contributed by atoms with Crippen LogP contribution in [0.25, 0.3) is 0 Å². The van der Waals surface area contributed by atoms with Crippen molar-refractivity contribution in [1.29, 1.82) is 0 Å². The van der Waals surface area contributed by atoms with E-state index in [9.17, 15) is 4.79 Å². The van der Waals surface area contributed by atoms with Crippen molar-refractivity contribution in [3.05, 3.63) is 24.3 Å². The molecular weight excluding hydrogens is 268 g/mol. The molecule has 21 heavy (non-hydrogen) atoms. The molecule has 2 rings (SSSR count). The smallest absolute Gasteiger partial charge is 0.253 e. The van der Waals surface area contributed by atoms with E-state index in [4.69, 9.17) is 9.47 Å². The number of para-hydroxylation sites is 2. The number of ether oxygens (including phenoxy) is 2. The number of benzene rings is 1. The van der Waals surface area contributed by atoms with Crippen LogP contribution in [0, 0.1) is 5.92 Å². The van der Waals surface area contributed by atoms with Crippen molar-refractivity contribution in [2.24, 2.45) is 5.92 Å². The maximum Gasteiger partial charge on any atom is 0.253 e. The van der Waals surface area contributed by atoms with Gasteiger partial charge in [0.05, 0.1) is 24.6 Å². The zero-order chi connectivity index (χ0) is 15.2. The van der Waals surface area contributed by atoms with E-state index in [2.05, 4.69) is 24.9 Å².